The molecule has 0 aliphatic carbocycles. The maximum absolute atomic E-state index is 11.6. The zero-order valence-electron chi connectivity index (χ0n) is 9.58. The van der Waals surface area contributed by atoms with Gasteiger partial charge < -0.3 is 15.6 Å². The van der Waals surface area contributed by atoms with Gasteiger partial charge in [-0.2, -0.15) is 4.98 Å². The standard InChI is InChI=1S/C10H10ClN5O3/c11-2-5-4(17)1-6(19-5)16-3-13-7-8(16)14-10(12)15-9(7)18/h2-4,6,17H,1H2,(H3,12,14,15,18)/b5-2+/t4?,6-/m1/s1. The van der Waals surface area contributed by atoms with E-state index in [9.17, 15) is 9.90 Å². The third kappa shape index (κ3) is 1.85. The number of H-pyrrole nitrogens is 1. The Labute approximate surface area is 111 Å². The van der Waals surface area contributed by atoms with E-state index in [-0.39, 0.29) is 17.2 Å². The zero-order valence-corrected chi connectivity index (χ0v) is 10.3. The number of aromatic amines is 1. The van der Waals surface area contributed by atoms with Crippen LogP contribution in [0.1, 0.15) is 12.6 Å². The molecule has 4 N–H and O–H groups in total. The number of nitrogens with two attached hydrogens (primary N) is 1. The van der Waals surface area contributed by atoms with Crippen LogP contribution in [0.4, 0.5) is 5.95 Å². The Hall–Kier alpha value is -2.06. The van der Waals surface area contributed by atoms with E-state index >= 15 is 0 Å². The van der Waals surface area contributed by atoms with Gasteiger partial charge in [-0.25, -0.2) is 4.98 Å². The normalized spacial score (nSPS) is 25.1. The first kappa shape index (κ1) is 12.0. The number of anilines is 1. The molecule has 0 aromatic carbocycles. The van der Waals surface area contributed by atoms with Gasteiger partial charge in [-0.3, -0.25) is 14.3 Å². The Morgan fingerprint density at radius 2 is 2.47 bits per heavy atom. The van der Waals surface area contributed by atoms with Crippen LogP contribution in [-0.4, -0.2) is 30.7 Å². The number of aromatic nitrogens is 4. The smallest absolute Gasteiger partial charge is 0.280 e. The van der Waals surface area contributed by atoms with Gasteiger partial charge in [0, 0.05) is 12.0 Å². The van der Waals surface area contributed by atoms with E-state index in [0.717, 1.165) is 0 Å². The summed E-state index contributed by atoms with van der Waals surface area (Å²) < 4.78 is 7.00. The summed E-state index contributed by atoms with van der Waals surface area (Å²) in [6.45, 7) is 0. The molecule has 0 spiro atoms. The number of aliphatic hydroxyl groups excluding tert-OH is 1. The minimum absolute atomic E-state index is 0.00842. The van der Waals surface area contributed by atoms with Gasteiger partial charge in [0.05, 0.1) is 0 Å². The molecule has 100 valence electrons. The van der Waals surface area contributed by atoms with Gasteiger partial charge in [-0.15, -0.1) is 0 Å². The maximum atomic E-state index is 11.6. The summed E-state index contributed by atoms with van der Waals surface area (Å²) in [4.78, 5) is 22.0. The van der Waals surface area contributed by atoms with Gasteiger partial charge in [-0.1, -0.05) is 11.6 Å². The molecule has 19 heavy (non-hydrogen) atoms. The Balaban J connectivity index is 2.10. The van der Waals surface area contributed by atoms with Gasteiger partial charge in [0.25, 0.3) is 5.56 Å². The lowest BCUT2D eigenvalue weighted by Gasteiger charge is -2.11. The monoisotopic (exact) mass is 283 g/mol. The molecule has 2 aromatic rings. The van der Waals surface area contributed by atoms with Gasteiger partial charge in [-0.05, 0) is 0 Å². The molecule has 3 rings (SSSR count). The molecule has 0 bridgehead atoms. The molecule has 2 atom stereocenters. The molecule has 9 heteroatoms. The lowest BCUT2D eigenvalue weighted by atomic mass is 10.2. The Morgan fingerprint density at radius 3 is 3.16 bits per heavy atom. The maximum Gasteiger partial charge on any atom is 0.280 e. The molecule has 1 fully saturated rings. The fourth-order valence-corrected chi connectivity index (χ4v) is 2.21. The van der Waals surface area contributed by atoms with Crippen LogP contribution in [-0.2, 0) is 4.74 Å². The summed E-state index contributed by atoms with van der Waals surface area (Å²) in [6, 6.07) is 0. The van der Waals surface area contributed by atoms with Gasteiger partial charge in [0.1, 0.15) is 18.2 Å². The summed E-state index contributed by atoms with van der Waals surface area (Å²) in [7, 11) is 0. The summed E-state index contributed by atoms with van der Waals surface area (Å²) in [6.07, 6.45) is 0.386. The highest BCUT2D eigenvalue weighted by Gasteiger charge is 2.32. The molecule has 1 aliphatic rings. The first-order chi connectivity index (χ1) is 9.10. The molecular weight excluding hydrogens is 274 g/mol. The van der Waals surface area contributed by atoms with Crippen molar-refractivity contribution < 1.29 is 9.84 Å². The van der Waals surface area contributed by atoms with Crippen molar-refractivity contribution in [2.24, 2.45) is 0 Å². The first-order valence-corrected chi connectivity index (χ1v) is 5.91. The van der Waals surface area contributed by atoms with Crippen molar-refractivity contribution in [3.05, 3.63) is 28.0 Å². The summed E-state index contributed by atoms with van der Waals surface area (Å²) >= 11 is 5.54. The van der Waals surface area contributed by atoms with Crippen molar-refractivity contribution in [3.8, 4) is 0 Å². The number of nitrogens with zero attached hydrogens (tertiary/aromatic N) is 3. The van der Waals surface area contributed by atoms with Crippen LogP contribution in [0.15, 0.2) is 22.4 Å². The second-order valence-electron chi connectivity index (χ2n) is 4.11. The van der Waals surface area contributed by atoms with Crippen molar-refractivity contribution in [2.75, 3.05) is 5.73 Å². The van der Waals surface area contributed by atoms with Crippen LogP contribution < -0.4 is 11.3 Å². The number of hydrogen-bond acceptors (Lipinski definition) is 6. The van der Waals surface area contributed by atoms with Crippen molar-refractivity contribution in [3.63, 3.8) is 0 Å². The van der Waals surface area contributed by atoms with E-state index in [1.54, 1.807) is 0 Å². The Morgan fingerprint density at radius 1 is 1.68 bits per heavy atom. The second kappa shape index (κ2) is 4.25. The Bertz CT molecular complexity index is 722. The molecule has 3 heterocycles. The van der Waals surface area contributed by atoms with Crippen LogP contribution in [0, 0.1) is 0 Å². The fourth-order valence-electron chi connectivity index (χ4n) is 2.01. The van der Waals surface area contributed by atoms with E-state index in [2.05, 4.69) is 15.0 Å². The van der Waals surface area contributed by atoms with Crippen molar-refractivity contribution in [1.82, 2.24) is 19.5 Å². The van der Waals surface area contributed by atoms with Crippen molar-refractivity contribution >= 4 is 28.7 Å². The number of imidazole rings is 1. The number of hydrogen-bond donors (Lipinski definition) is 3. The quantitative estimate of drug-likeness (QED) is 0.681. The van der Waals surface area contributed by atoms with Crippen molar-refractivity contribution in [2.45, 2.75) is 18.8 Å². The number of ether oxygens (including phenoxy) is 1. The highest BCUT2D eigenvalue weighted by Crippen LogP contribution is 2.32. The van der Waals surface area contributed by atoms with Gasteiger partial charge in [0.2, 0.25) is 5.95 Å². The predicted octanol–water partition coefficient (Wildman–Crippen LogP) is 0.0618. The van der Waals surface area contributed by atoms with Crippen LogP contribution in [0.3, 0.4) is 0 Å². The van der Waals surface area contributed by atoms with E-state index < -0.39 is 17.9 Å². The van der Waals surface area contributed by atoms with Crippen LogP contribution >= 0.6 is 11.6 Å². The average Bonchev–Trinajstić information content (AvgIpc) is 2.92. The van der Waals surface area contributed by atoms with Crippen molar-refractivity contribution in [1.29, 1.82) is 0 Å². The molecule has 0 radical (unpaired) electrons. The van der Waals surface area contributed by atoms with Gasteiger partial charge in [0.15, 0.2) is 17.4 Å². The highest BCUT2D eigenvalue weighted by atomic mass is 35.5. The summed E-state index contributed by atoms with van der Waals surface area (Å²) in [5, 5.41) is 9.71. The molecular formula is C10H10ClN5O3. The third-order valence-corrected chi connectivity index (χ3v) is 3.11. The Kier molecular flexibility index (Phi) is 2.68. The molecule has 1 aliphatic heterocycles. The zero-order chi connectivity index (χ0) is 13.6. The summed E-state index contributed by atoms with van der Waals surface area (Å²) in [5.41, 5.74) is 6.72. The SMILES string of the molecule is Nc1nc2c(ncn2[C@H]2CC(O)/C(=C\Cl)O2)c(=O)[nH]1. The van der Waals surface area contributed by atoms with E-state index in [0.29, 0.717) is 12.1 Å². The number of rotatable bonds is 1. The number of nitrogen functional groups attached to an aromatic ring is 1. The average molecular weight is 284 g/mol. The van der Waals surface area contributed by atoms with E-state index in [1.165, 1.54) is 16.4 Å². The minimum atomic E-state index is -0.792. The predicted molar refractivity (Wildman–Crippen MR) is 67.2 cm³/mol. The first-order valence-electron chi connectivity index (χ1n) is 5.47. The second-order valence-corrected chi connectivity index (χ2v) is 4.33. The number of aliphatic hydroxyl groups is 1. The molecule has 0 saturated carbocycles. The fraction of sp³-hybridized carbons (Fsp3) is 0.300. The van der Waals surface area contributed by atoms with Crippen LogP contribution in [0.25, 0.3) is 11.2 Å². The third-order valence-electron chi connectivity index (χ3n) is 2.89. The molecule has 0 amide bonds. The van der Waals surface area contributed by atoms with Crippen LogP contribution in [0.2, 0.25) is 0 Å². The minimum Gasteiger partial charge on any atom is -0.471 e. The molecule has 1 unspecified atom stereocenters. The highest BCUT2D eigenvalue weighted by molar-refractivity contribution is 6.25. The molecule has 8 nitrogen and oxygen atoms in total. The largest absolute Gasteiger partial charge is 0.471 e. The lowest BCUT2D eigenvalue weighted by molar-refractivity contribution is 0.101. The van der Waals surface area contributed by atoms with Gasteiger partial charge >= 0.3 is 0 Å². The topological polar surface area (TPSA) is 119 Å². The number of nitrogens with one attached hydrogen (secondary N) is 1. The number of fused-ring (bicyclic) bond motifs is 1. The van der Waals surface area contributed by atoms with E-state index in [1.807, 2.05) is 0 Å². The lowest BCUT2D eigenvalue weighted by Crippen LogP contribution is -2.14. The molecule has 2 aromatic heterocycles. The molecule has 1 saturated heterocycles. The van der Waals surface area contributed by atoms with Crippen LogP contribution in [0.5, 0.6) is 0 Å². The number of halogens is 1. The van der Waals surface area contributed by atoms with E-state index in [4.69, 9.17) is 22.1 Å². The summed E-state index contributed by atoms with van der Waals surface area (Å²) in [5.74, 6) is 0.261.